The molecule has 2 aromatic rings. The predicted molar refractivity (Wildman–Crippen MR) is 117 cm³/mol. The van der Waals surface area contributed by atoms with Crippen molar-refractivity contribution < 1.29 is 32.2 Å². The maximum atomic E-state index is 12.3. The van der Waals surface area contributed by atoms with Crippen LogP contribution in [-0.2, 0) is 37.2 Å². The topological polar surface area (TPSA) is 111 Å². The maximum Gasteiger partial charge on any atom is 0.344 e. The van der Waals surface area contributed by atoms with E-state index in [4.69, 9.17) is 14.2 Å². The van der Waals surface area contributed by atoms with Crippen LogP contribution in [0.4, 0.5) is 5.69 Å². The molecular formula is C22H26N2O7S. The molecule has 1 N–H and O–H groups in total. The van der Waals surface area contributed by atoms with E-state index in [0.29, 0.717) is 5.75 Å². The van der Waals surface area contributed by atoms with Gasteiger partial charge in [-0.2, -0.15) is 0 Å². The van der Waals surface area contributed by atoms with Gasteiger partial charge in [0, 0.05) is 14.1 Å². The molecule has 0 bridgehead atoms. The third-order valence-electron chi connectivity index (χ3n) is 5.01. The van der Waals surface area contributed by atoms with Gasteiger partial charge in [0.2, 0.25) is 10.0 Å². The molecule has 0 saturated carbocycles. The molecule has 3 rings (SSSR count). The highest BCUT2D eigenvalue weighted by atomic mass is 32.2. The number of esters is 1. The van der Waals surface area contributed by atoms with Crippen LogP contribution in [-0.4, -0.2) is 59.0 Å². The quantitative estimate of drug-likeness (QED) is 0.567. The molecular weight excluding hydrogens is 436 g/mol. The average molecular weight is 463 g/mol. The number of aryl methyl sites for hydroxylation is 2. The summed E-state index contributed by atoms with van der Waals surface area (Å²) in [6.07, 6.45) is 3.17. The normalized spacial score (nSPS) is 12.9. The minimum absolute atomic E-state index is 0.0154. The van der Waals surface area contributed by atoms with Crippen molar-refractivity contribution >= 4 is 27.6 Å². The van der Waals surface area contributed by atoms with Crippen LogP contribution < -0.4 is 14.8 Å². The highest BCUT2D eigenvalue weighted by Crippen LogP contribution is 2.28. The number of nitrogens with one attached hydrogen (secondary N) is 1. The Morgan fingerprint density at radius 1 is 1.03 bits per heavy atom. The zero-order valence-electron chi connectivity index (χ0n) is 18.2. The molecule has 0 atom stereocenters. The molecule has 0 saturated heterocycles. The number of rotatable bonds is 9. The Bertz CT molecular complexity index is 1110. The van der Waals surface area contributed by atoms with E-state index in [1.807, 2.05) is 18.2 Å². The summed E-state index contributed by atoms with van der Waals surface area (Å²) in [4.78, 5) is 24.2. The van der Waals surface area contributed by atoms with E-state index >= 15 is 0 Å². The van der Waals surface area contributed by atoms with E-state index in [-0.39, 0.29) is 22.9 Å². The summed E-state index contributed by atoms with van der Waals surface area (Å²) in [7, 11) is 0.501. The summed E-state index contributed by atoms with van der Waals surface area (Å²) in [5.74, 6) is -0.497. The zero-order valence-corrected chi connectivity index (χ0v) is 19.0. The lowest BCUT2D eigenvalue weighted by Crippen LogP contribution is -2.25. The summed E-state index contributed by atoms with van der Waals surface area (Å²) in [6.45, 7) is -0.883. The molecule has 2 aromatic carbocycles. The largest absolute Gasteiger partial charge is 0.495 e. The van der Waals surface area contributed by atoms with Crippen molar-refractivity contribution in [3.63, 3.8) is 0 Å². The number of nitrogens with zero attached hydrogens (tertiary/aromatic N) is 1. The summed E-state index contributed by atoms with van der Waals surface area (Å²) in [6, 6.07) is 9.82. The van der Waals surface area contributed by atoms with Crippen LogP contribution in [0.3, 0.4) is 0 Å². The number of sulfonamides is 1. The minimum Gasteiger partial charge on any atom is -0.495 e. The lowest BCUT2D eigenvalue weighted by atomic mass is 10.1. The molecule has 0 heterocycles. The number of benzene rings is 2. The van der Waals surface area contributed by atoms with E-state index in [9.17, 15) is 18.0 Å². The first kappa shape index (κ1) is 23.6. The fraction of sp³-hybridized carbons (Fsp3) is 0.364. The smallest absolute Gasteiger partial charge is 0.344 e. The van der Waals surface area contributed by atoms with Gasteiger partial charge in [0.05, 0.1) is 17.7 Å². The summed E-state index contributed by atoms with van der Waals surface area (Å²) in [5, 5.41) is 2.51. The van der Waals surface area contributed by atoms with Crippen LogP contribution in [0.5, 0.6) is 11.5 Å². The summed E-state index contributed by atoms with van der Waals surface area (Å²) in [5.41, 5.74) is 2.67. The first-order valence-electron chi connectivity index (χ1n) is 10.0. The van der Waals surface area contributed by atoms with Gasteiger partial charge in [-0.15, -0.1) is 0 Å². The van der Waals surface area contributed by atoms with E-state index < -0.39 is 28.5 Å². The fourth-order valence-corrected chi connectivity index (χ4v) is 4.24. The Balaban J connectivity index is 1.54. The number of fused-ring (bicyclic) bond motifs is 1. The molecule has 0 aromatic heterocycles. The molecule has 0 radical (unpaired) electrons. The summed E-state index contributed by atoms with van der Waals surface area (Å²) < 4.78 is 41.3. The molecule has 1 aliphatic rings. The zero-order chi connectivity index (χ0) is 23.3. The Morgan fingerprint density at radius 3 is 2.50 bits per heavy atom. The first-order valence-corrected chi connectivity index (χ1v) is 11.5. The Kier molecular flexibility index (Phi) is 7.37. The van der Waals surface area contributed by atoms with Gasteiger partial charge >= 0.3 is 5.97 Å². The Labute approximate surface area is 187 Å². The first-order chi connectivity index (χ1) is 15.2. The van der Waals surface area contributed by atoms with Gasteiger partial charge in [0.15, 0.2) is 13.2 Å². The summed E-state index contributed by atoms with van der Waals surface area (Å²) >= 11 is 0. The number of ether oxygens (including phenoxy) is 3. The second kappa shape index (κ2) is 10.0. The van der Waals surface area contributed by atoms with Gasteiger partial charge in [-0.3, -0.25) is 4.79 Å². The second-order valence-corrected chi connectivity index (χ2v) is 9.58. The molecule has 0 unspecified atom stereocenters. The number of hydrogen-bond acceptors (Lipinski definition) is 7. The Morgan fingerprint density at radius 2 is 1.78 bits per heavy atom. The third-order valence-corrected chi connectivity index (χ3v) is 6.83. The Hall–Kier alpha value is -3.11. The molecule has 0 spiro atoms. The van der Waals surface area contributed by atoms with E-state index in [0.717, 1.165) is 23.6 Å². The number of carbonyl (C=O) groups excluding carboxylic acids is 2. The van der Waals surface area contributed by atoms with Gasteiger partial charge in [-0.05, 0) is 60.7 Å². The van der Waals surface area contributed by atoms with Crippen molar-refractivity contribution in [1.29, 1.82) is 0 Å². The highest BCUT2D eigenvalue weighted by Gasteiger charge is 2.20. The highest BCUT2D eigenvalue weighted by molar-refractivity contribution is 7.89. The number of carbonyl (C=O) groups is 2. The van der Waals surface area contributed by atoms with Crippen LogP contribution in [0.25, 0.3) is 0 Å². The predicted octanol–water partition coefficient (Wildman–Crippen LogP) is 1.99. The van der Waals surface area contributed by atoms with Crippen LogP contribution in [0.1, 0.15) is 17.5 Å². The SMILES string of the molecule is COc1ccc(S(=O)(=O)N(C)C)cc1NC(=O)COC(=O)COc1ccc2c(c1)CCC2. The van der Waals surface area contributed by atoms with Crippen molar-refractivity contribution in [1.82, 2.24) is 4.31 Å². The van der Waals surface area contributed by atoms with Gasteiger partial charge in [-0.1, -0.05) is 6.07 Å². The molecule has 32 heavy (non-hydrogen) atoms. The second-order valence-electron chi connectivity index (χ2n) is 7.43. The van der Waals surface area contributed by atoms with Crippen molar-refractivity contribution in [3.05, 3.63) is 47.5 Å². The standard InChI is InChI=1S/C22H26N2O7S/c1-24(2)32(27,28)18-9-10-20(29-3)19(12-18)23-21(25)13-31-22(26)14-30-17-8-7-15-5-4-6-16(15)11-17/h7-12H,4-6,13-14H2,1-3H3,(H,23,25). The van der Waals surface area contributed by atoms with Gasteiger partial charge in [0.25, 0.3) is 5.91 Å². The minimum atomic E-state index is -3.70. The lowest BCUT2D eigenvalue weighted by molar-refractivity contribution is -0.149. The van der Waals surface area contributed by atoms with Gasteiger partial charge in [-0.25, -0.2) is 17.5 Å². The van der Waals surface area contributed by atoms with Crippen LogP contribution >= 0.6 is 0 Å². The fourth-order valence-electron chi connectivity index (χ4n) is 3.31. The van der Waals surface area contributed by atoms with Crippen molar-refractivity contribution in [3.8, 4) is 11.5 Å². The number of anilines is 1. The molecule has 0 aliphatic heterocycles. The third kappa shape index (κ3) is 5.57. The van der Waals surface area contributed by atoms with Crippen LogP contribution in [0.2, 0.25) is 0 Å². The number of amides is 1. The van der Waals surface area contributed by atoms with Gasteiger partial charge < -0.3 is 19.5 Å². The van der Waals surface area contributed by atoms with Crippen LogP contribution in [0, 0.1) is 0 Å². The monoisotopic (exact) mass is 462 g/mol. The van der Waals surface area contributed by atoms with Crippen molar-refractivity contribution in [2.75, 3.05) is 39.7 Å². The average Bonchev–Trinajstić information content (AvgIpc) is 3.24. The van der Waals surface area contributed by atoms with Crippen molar-refractivity contribution in [2.45, 2.75) is 24.2 Å². The lowest BCUT2D eigenvalue weighted by Gasteiger charge is -2.15. The number of methoxy groups -OCH3 is 1. The molecule has 1 amide bonds. The maximum absolute atomic E-state index is 12.3. The molecule has 9 nitrogen and oxygen atoms in total. The molecule has 1 aliphatic carbocycles. The molecule has 0 fully saturated rings. The van der Waals surface area contributed by atoms with Gasteiger partial charge in [0.1, 0.15) is 11.5 Å². The van der Waals surface area contributed by atoms with E-state index in [2.05, 4.69) is 5.32 Å². The van der Waals surface area contributed by atoms with E-state index in [1.165, 1.54) is 50.5 Å². The van der Waals surface area contributed by atoms with Crippen LogP contribution in [0.15, 0.2) is 41.3 Å². The van der Waals surface area contributed by atoms with Crippen molar-refractivity contribution in [2.24, 2.45) is 0 Å². The molecule has 172 valence electrons. The van der Waals surface area contributed by atoms with E-state index in [1.54, 1.807) is 0 Å². The molecule has 10 heteroatoms. The number of hydrogen-bond donors (Lipinski definition) is 1.